The lowest BCUT2D eigenvalue weighted by Gasteiger charge is -2.27. The highest BCUT2D eigenvalue weighted by molar-refractivity contribution is 8.15. The number of fused-ring (bicyclic) bond motifs is 3. The molecular formula is C31H30FN5O4S. The number of carbonyl (C=O) groups excluding carboxylic acids is 3. The third-order valence-electron chi connectivity index (χ3n) is 6.87. The van der Waals surface area contributed by atoms with Crippen LogP contribution in [0, 0.1) is 5.82 Å². The van der Waals surface area contributed by atoms with Crippen LogP contribution in [0.25, 0.3) is 0 Å². The SMILES string of the molecule is CC[C@H](SC1=Nc2ccccc2C2=N[C@@H](CCC(=O)NCc3ccc(F)cc3)C(=O)N12)C(=O)Nc1ccccc1OC. The molecule has 2 heterocycles. The van der Waals surface area contributed by atoms with Crippen LogP contribution in [0.4, 0.5) is 15.8 Å². The molecule has 11 heteroatoms. The molecule has 9 nitrogen and oxygen atoms in total. The fourth-order valence-corrected chi connectivity index (χ4v) is 5.66. The van der Waals surface area contributed by atoms with E-state index in [9.17, 15) is 18.8 Å². The van der Waals surface area contributed by atoms with E-state index < -0.39 is 11.3 Å². The minimum atomic E-state index is -0.768. The van der Waals surface area contributed by atoms with Gasteiger partial charge in [-0.15, -0.1) is 0 Å². The first-order valence-corrected chi connectivity index (χ1v) is 14.5. The summed E-state index contributed by atoms with van der Waals surface area (Å²) >= 11 is 1.20. The van der Waals surface area contributed by atoms with Crippen LogP contribution in [-0.2, 0) is 20.9 Å². The van der Waals surface area contributed by atoms with Gasteiger partial charge >= 0.3 is 0 Å². The summed E-state index contributed by atoms with van der Waals surface area (Å²) in [5.41, 5.74) is 2.69. The number of halogens is 1. The molecule has 3 amide bonds. The molecule has 2 aliphatic rings. The molecule has 5 rings (SSSR count). The molecule has 2 atom stereocenters. The highest BCUT2D eigenvalue weighted by Gasteiger charge is 2.42. The lowest BCUT2D eigenvalue weighted by Crippen LogP contribution is -2.42. The predicted octanol–water partition coefficient (Wildman–Crippen LogP) is 5.04. The van der Waals surface area contributed by atoms with Crippen LogP contribution >= 0.6 is 11.8 Å². The topological polar surface area (TPSA) is 112 Å². The number of thioether (sulfide) groups is 1. The van der Waals surface area contributed by atoms with Crippen molar-refractivity contribution in [1.82, 2.24) is 10.2 Å². The fourth-order valence-electron chi connectivity index (χ4n) is 4.64. The van der Waals surface area contributed by atoms with Crippen molar-refractivity contribution < 1.29 is 23.5 Å². The van der Waals surface area contributed by atoms with Gasteiger partial charge in [-0.1, -0.05) is 55.1 Å². The number of ether oxygens (including phenoxy) is 1. The van der Waals surface area contributed by atoms with Crippen LogP contribution in [0.2, 0.25) is 0 Å². The van der Waals surface area contributed by atoms with Crippen molar-refractivity contribution in [2.24, 2.45) is 9.98 Å². The monoisotopic (exact) mass is 587 g/mol. The third-order valence-corrected chi connectivity index (χ3v) is 8.19. The molecule has 3 aromatic rings. The van der Waals surface area contributed by atoms with Crippen LogP contribution < -0.4 is 15.4 Å². The predicted molar refractivity (Wildman–Crippen MR) is 161 cm³/mol. The lowest BCUT2D eigenvalue weighted by molar-refractivity contribution is -0.125. The zero-order valence-corrected chi connectivity index (χ0v) is 24.0. The van der Waals surface area contributed by atoms with E-state index >= 15 is 0 Å². The molecule has 0 fully saturated rings. The molecule has 0 aliphatic carbocycles. The van der Waals surface area contributed by atoms with Crippen LogP contribution in [0.15, 0.2) is 82.8 Å². The number of nitrogens with one attached hydrogen (secondary N) is 2. The van der Waals surface area contributed by atoms with Crippen molar-refractivity contribution >= 4 is 51.9 Å². The second-order valence-corrected chi connectivity index (χ2v) is 10.9. The van der Waals surface area contributed by atoms with E-state index in [2.05, 4.69) is 10.6 Å². The molecule has 0 spiro atoms. The Morgan fingerprint density at radius 1 is 1.07 bits per heavy atom. The second kappa shape index (κ2) is 13.0. The maximum atomic E-state index is 13.6. The Morgan fingerprint density at radius 2 is 1.81 bits per heavy atom. The van der Waals surface area contributed by atoms with Gasteiger partial charge < -0.3 is 15.4 Å². The number of hydrogen-bond donors (Lipinski definition) is 2. The standard InChI is InChI=1S/C31H30FN5O4S/c1-3-26(29(39)35-23-10-6-7-11-25(23)41-2)42-31-36-22-9-5-4-8-21(22)28-34-24(30(40)37(28)31)16-17-27(38)33-18-19-12-14-20(32)15-13-19/h4-15,24,26H,3,16-18H2,1-2H3,(H,33,38)(H,35,39)/t24-,26-/m0/s1. The zero-order valence-electron chi connectivity index (χ0n) is 23.2. The van der Waals surface area contributed by atoms with E-state index in [0.29, 0.717) is 40.1 Å². The number of benzene rings is 3. The minimum Gasteiger partial charge on any atom is -0.495 e. The highest BCUT2D eigenvalue weighted by atomic mass is 32.2. The molecule has 3 aromatic carbocycles. The Kier molecular flexibility index (Phi) is 8.97. The average molecular weight is 588 g/mol. The number of methoxy groups -OCH3 is 1. The Balaban J connectivity index is 1.29. The Labute approximate surface area is 247 Å². The molecule has 0 saturated carbocycles. The first-order valence-electron chi connectivity index (χ1n) is 13.6. The fraction of sp³-hybridized carbons (Fsp3) is 0.258. The molecule has 0 saturated heterocycles. The summed E-state index contributed by atoms with van der Waals surface area (Å²) in [4.78, 5) is 50.4. The van der Waals surface area contributed by atoms with Crippen LogP contribution in [0.1, 0.15) is 37.3 Å². The third kappa shape index (κ3) is 6.36. The van der Waals surface area contributed by atoms with E-state index in [4.69, 9.17) is 14.7 Å². The maximum Gasteiger partial charge on any atom is 0.259 e. The molecule has 0 unspecified atom stereocenters. The van der Waals surface area contributed by atoms with Crippen LogP contribution in [0.5, 0.6) is 5.75 Å². The molecule has 0 radical (unpaired) electrons. The molecule has 0 bridgehead atoms. The van der Waals surface area contributed by atoms with Crippen molar-refractivity contribution in [1.29, 1.82) is 0 Å². The van der Waals surface area contributed by atoms with Gasteiger partial charge in [-0.05, 0) is 54.8 Å². The van der Waals surface area contributed by atoms with Crippen molar-refractivity contribution in [3.8, 4) is 5.75 Å². The number of carbonyl (C=O) groups is 3. The summed E-state index contributed by atoms with van der Waals surface area (Å²) in [6.45, 7) is 2.15. The lowest BCUT2D eigenvalue weighted by atomic mass is 10.1. The molecule has 42 heavy (non-hydrogen) atoms. The largest absolute Gasteiger partial charge is 0.495 e. The maximum absolute atomic E-state index is 13.6. The summed E-state index contributed by atoms with van der Waals surface area (Å²) in [6, 6.07) is 19.7. The quantitative estimate of drug-likeness (QED) is 0.345. The first-order chi connectivity index (χ1) is 20.4. The Morgan fingerprint density at radius 3 is 2.57 bits per heavy atom. The average Bonchev–Trinajstić information content (AvgIpc) is 3.35. The smallest absolute Gasteiger partial charge is 0.259 e. The summed E-state index contributed by atoms with van der Waals surface area (Å²) in [5, 5.41) is 5.54. The number of anilines is 1. The number of aliphatic imine (C=N–C) groups is 2. The van der Waals surface area contributed by atoms with Gasteiger partial charge in [-0.3, -0.25) is 19.4 Å². The van der Waals surface area contributed by atoms with E-state index in [1.165, 1.54) is 35.9 Å². The number of nitrogens with zero attached hydrogens (tertiary/aromatic N) is 3. The van der Waals surface area contributed by atoms with E-state index in [1.54, 1.807) is 24.3 Å². The summed E-state index contributed by atoms with van der Waals surface area (Å²) in [5.74, 6) is -0.108. The molecular weight excluding hydrogens is 557 g/mol. The van der Waals surface area contributed by atoms with Crippen molar-refractivity contribution in [2.75, 3.05) is 12.4 Å². The minimum absolute atomic E-state index is 0.0857. The van der Waals surface area contributed by atoms with Crippen molar-refractivity contribution in [3.63, 3.8) is 0 Å². The normalized spacial score (nSPS) is 16.1. The van der Waals surface area contributed by atoms with Crippen molar-refractivity contribution in [3.05, 3.63) is 89.7 Å². The van der Waals surface area contributed by atoms with Gasteiger partial charge in [0, 0.05) is 18.5 Å². The number of amides is 3. The summed E-state index contributed by atoms with van der Waals surface area (Å²) in [6.07, 6.45) is 0.778. The van der Waals surface area contributed by atoms with E-state index in [-0.39, 0.29) is 42.9 Å². The Bertz CT molecular complexity index is 1560. The summed E-state index contributed by atoms with van der Waals surface area (Å²) in [7, 11) is 1.54. The van der Waals surface area contributed by atoms with Gasteiger partial charge in [0.1, 0.15) is 23.4 Å². The highest BCUT2D eigenvalue weighted by Crippen LogP contribution is 2.36. The second-order valence-electron chi connectivity index (χ2n) is 9.70. The zero-order chi connectivity index (χ0) is 29.6. The number of rotatable bonds is 10. The van der Waals surface area contributed by atoms with Crippen LogP contribution in [0.3, 0.4) is 0 Å². The molecule has 216 valence electrons. The van der Waals surface area contributed by atoms with Gasteiger partial charge in [-0.25, -0.2) is 14.3 Å². The molecule has 2 N–H and O–H groups in total. The number of hydrogen-bond acceptors (Lipinski definition) is 7. The van der Waals surface area contributed by atoms with Gasteiger partial charge in [-0.2, -0.15) is 0 Å². The van der Waals surface area contributed by atoms with Crippen molar-refractivity contribution in [2.45, 2.75) is 44.0 Å². The molecule has 2 aliphatic heterocycles. The molecule has 0 aromatic heterocycles. The van der Waals surface area contributed by atoms with Gasteiger partial charge in [0.15, 0.2) is 5.17 Å². The Hall–Kier alpha value is -4.51. The van der Waals surface area contributed by atoms with Gasteiger partial charge in [0.25, 0.3) is 5.91 Å². The number of amidine groups is 2. The van der Waals surface area contributed by atoms with E-state index in [1.807, 2.05) is 43.3 Å². The first kappa shape index (κ1) is 29.0. The summed E-state index contributed by atoms with van der Waals surface area (Å²) < 4.78 is 18.5. The van der Waals surface area contributed by atoms with Crippen LogP contribution in [-0.4, -0.2) is 52.0 Å². The van der Waals surface area contributed by atoms with E-state index in [0.717, 1.165) is 5.56 Å². The van der Waals surface area contributed by atoms with Gasteiger partial charge in [0.05, 0.1) is 23.7 Å². The number of para-hydroxylation sites is 3. The van der Waals surface area contributed by atoms with Gasteiger partial charge in [0.2, 0.25) is 11.8 Å².